The molecular formula is C16H21Br. The molecule has 2 atom stereocenters. The number of hydrogen-bond acceptors (Lipinski definition) is 0. The van der Waals surface area contributed by atoms with Crippen LogP contribution in [0.15, 0.2) is 22.7 Å². The van der Waals surface area contributed by atoms with E-state index in [2.05, 4.69) is 41.1 Å². The van der Waals surface area contributed by atoms with Gasteiger partial charge in [-0.3, -0.25) is 0 Å². The van der Waals surface area contributed by atoms with Gasteiger partial charge in [0, 0.05) is 4.47 Å². The summed E-state index contributed by atoms with van der Waals surface area (Å²) in [6, 6.07) is 6.89. The third-order valence-corrected chi connectivity index (χ3v) is 5.41. The number of fused-ring (bicyclic) bond motifs is 1. The lowest BCUT2D eigenvalue weighted by molar-refractivity contribution is 0.146. The molecule has 17 heavy (non-hydrogen) atoms. The second kappa shape index (κ2) is 4.42. The highest BCUT2D eigenvalue weighted by molar-refractivity contribution is 9.10. The molecule has 0 amide bonds. The highest BCUT2D eigenvalue weighted by Gasteiger charge is 2.40. The second-order valence-electron chi connectivity index (χ2n) is 6.14. The zero-order valence-corrected chi connectivity index (χ0v) is 12.2. The lowest BCUT2D eigenvalue weighted by Gasteiger charge is -2.38. The van der Waals surface area contributed by atoms with Gasteiger partial charge in [0.25, 0.3) is 0 Å². The minimum Gasteiger partial charge on any atom is -0.0651 e. The molecule has 0 nitrogen and oxygen atoms in total. The number of hydrogen-bond donors (Lipinski definition) is 0. The summed E-state index contributed by atoms with van der Waals surface area (Å²) in [7, 11) is 0. The van der Waals surface area contributed by atoms with Crippen LogP contribution in [-0.4, -0.2) is 0 Å². The first-order chi connectivity index (χ1) is 8.21. The molecule has 0 saturated heterocycles. The van der Waals surface area contributed by atoms with Gasteiger partial charge in [0.2, 0.25) is 0 Å². The Balaban J connectivity index is 1.84. The lowest BCUT2D eigenvalue weighted by Crippen LogP contribution is -2.29. The lowest BCUT2D eigenvalue weighted by atomic mass is 9.67. The van der Waals surface area contributed by atoms with E-state index in [1.165, 1.54) is 49.4 Å². The van der Waals surface area contributed by atoms with E-state index >= 15 is 0 Å². The second-order valence-corrected chi connectivity index (χ2v) is 7.05. The summed E-state index contributed by atoms with van der Waals surface area (Å²) in [5, 5.41) is 0. The normalized spacial score (nSPS) is 31.8. The fraction of sp³-hybridized carbons (Fsp3) is 0.625. The standard InChI is InChI=1S/C16H21Br/c1-2-12-4-3-7-16(9-12)10-13-5-6-15(17)8-14(13)11-16/h5-6,8,12H,2-4,7,9-11H2,1H3/t12-,16-/m1/s1. The highest BCUT2D eigenvalue weighted by Crippen LogP contribution is 2.49. The van der Waals surface area contributed by atoms with Crippen molar-refractivity contribution in [2.75, 3.05) is 0 Å². The van der Waals surface area contributed by atoms with Crippen LogP contribution in [0.1, 0.15) is 50.2 Å². The maximum atomic E-state index is 3.60. The first-order valence-corrected chi connectivity index (χ1v) is 7.77. The minimum atomic E-state index is 0.627. The predicted molar refractivity (Wildman–Crippen MR) is 76.2 cm³/mol. The Morgan fingerprint density at radius 1 is 1.29 bits per heavy atom. The van der Waals surface area contributed by atoms with Crippen LogP contribution in [0.5, 0.6) is 0 Å². The quantitative estimate of drug-likeness (QED) is 0.673. The molecule has 1 fully saturated rings. The van der Waals surface area contributed by atoms with Crippen molar-refractivity contribution in [2.24, 2.45) is 11.3 Å². The Labute approximate surface area is 113 Å². The molecule has 0 radical (unpaired) electrons. The van der Waals surface area contributed by atoms with Gasteiger partial charge in [-0.1, -0.05) is 48.2 Å². The Morgan fingerprint density at radius 2 is 2.12 bits per heavy atom. The molecule has 0 aromatic heterocycles. The molecule has 3 rings (SSSR count). The fourth-order valence-corrected chi connectivity index (χ4v) is 4.46. The maximum absolute atomic E-state index is 3.60. The molecule has 1 saturated carbocycles. The molecular weight excluding hydrogens is 272 g/mol. The number of benzene rings is 1. The topological polar surface area (TPSA) is 0 Å². The molecule has 2 aliphatic carbocycles. The van der Waals surface area contributed by atoms with Gasteiger partial charge in [-0.15, -0.1) is 0 Å². The molecule has 92 valence electrons. The van der Waals surface area contributed by atoms with Crippen molar-refractivity contribution in [2.45, 2.75) is 51.9 Å². The van der Waals surface area contributed by atoms with Crippen molar-refractivity contribution in [1.82, 2.24) is 0 Å². The molecule has 1 heteroatoms. The number of halogens is 1. The summed E-state index contributed by atoms with van der Waals surface area (Å²) in [6.07, 6.45) is 9.89. The van der Waals surface area contributed by atoms with Crippen molar-refractivity contribution in [3.8, 4) is 0 Å². The van der Waals surface area contributed by atoms with Crippen molar-refractivity contribution in [3.63, 3.8) is 0 Å². The SMILES string of the molecule is CC[C@@H]1CCC[C@]2(Cc3ccc(Br)cc3C2)C1. The van der Waals surface area contributed by atoms with Crippen LogP contribution in [0.25, 0.3) is 0 Å². The van der Waals surface area contributed by atoms with Gasteiger partial charge in [-0.2, -0.15) is 0 Å². The van der Waals surface area contributed by atoms with Crippen molar-refractivity contribution in [1.29, 1.82) is 0 Å². The van der Waals surface area contributed by atoms with E-state index in [0.717, 1.165) is 5.92 Å². The van der Waals surface area contributed by atoms with Gasteiger partial charge < -0.3 is 0 Å². The Morgan fingerprint density at radius 3 is 2.94 bits per heavy atom. The molecule has 1 aromatic carbocycles. The molecule has 1 spiro atoms. The average molecular weight is 293 g/mol. The van der Waals surface area contributed by atoms with Gasteiger partial charge in [-0.05, 0) is 60.3 Å². The van der Waals surface area contributed by atoms with Gasteiger partial charge in [0.1, 0.15) is 0 Å². The van der Waals surface area contributed by atoms with Gasteiger partial charge >= 0.3 is 0 Å². The van der Waals surface area contributed by atoms with E-state index in [0.29, 0.717) is 5.41 Å². The third kappa shape index (κ3) is 2.19. The van der Waals surface area contributed by atoms with E-state index in [1.807, 2.05) is 0 Å². The smallest absolute Gasteiger partial charge is 0.0178 e. The summed E-state index contributed by atoms with van der Waals surface area (Å²) < 4.78 is 1.25. The zero-order valence-electron chi connectivity index (χ0n) is 10.6. The minimum absolute atomic E-state index is 0.627. The molecule has 0 heterocycles. The fourth-order valence-electron chi connectivity index (χ4n) is 4.05. The molecule has 2 aliphatic rings. The molecule has 0 bridgehead atoms. The van der Waals surface area contributed by atoms with Crippen LogP contribution >= 0.6 is 15.9 Å². The van der Waals surface area contributed by atoms with Crippen LogP contribution in [-0.2, 0) is 12.8 Å². The average Bonchev–Trinajstić information content (AvgIpc) is 2.65. The largest absolute Gasteiger partial charge is 0.0651 e. The maximum Gasteiger partial charge on any atom is 0.0178 e. The first-order valence-electron chi connectivity index (χ1n) is 6.98. The Kier molecular flexibility index (Phi) is 3.06. The van der Waals surface area contributed by atoms with Crippen molar-refractivity contribution in [3.05, 3.63) is 33.8 Å². The summed E-state index contributed by atoms with van der Waals surface area (Å²) in [4.78, 5) is 0. The van der Waals surface area contributed by atoms with Crippen molar-refractivity contribution >= 4 is 15.9 Å². The van der Waals surface area contributed by atoms with Crippen LogP contribution in [0.3, 0.4) is 0 Å². The van der Waals surface area contributed by atoms with Crippen LogP contribution in [0.2, 0.25) is 0 Å². The van der Waals surface area contributed by atoms with E-state index in [4.69, 9.17) is 0 Å². The Hall–Kier alpha value is -0.300. The third-order valence-electron chi connectivity index (χ3n) is 4.92. The number of rotatable bonds is 1. The van der Waals surface area contributed by atoms with Crippen LogP contribution < -0.4 is 0 Å². The molecule has 0 unspecified atom stereocenters. The van der Waals surface area contributed by atoms with Crippen molar-refractivity contribution < 1.29 is 0 Å². The van der Waals surface area contributed by atoms with Gasteiger partial charge in [0.05, 0.1) is 0 Å². The molecule has 0 N–H and O–H groups in total. The summed E-state index contributed by atoms with van der Waals surface area (Å²) in [5.41, 5.74) is 3.85. The van der Waals surface area contributed by atoms with E-state index in [-0.39, 0.29) is 0 Å². The van der Waals surface area contributed by atoms with E-state index in [1.54, 1.807) is 11.1 Å². The Bertz CT molecular complexity index is 424. The van der Waals surface area contributed by atoms with E-state index < -0.39 is 0 Å². The predicted octanol–water partition coefficient (Wildman–Crippen LogP) is 5.13. The van der Waals surface area contributed by atoms with Crippen LogP contribution in [0, 0.1) is 11.3 Å². The van der Waals surface area contributed by atoms with Crippen LogP contribution in [0.4, 0.5) is 0 Å². The zero-order chi connectivity index (χ0) is 11.9. The van der Waals surface area contributed by atoms with Gasteiger partial charge in [-0.25, -0.2) is 0 Å². The monoisotopic (exact) mass is 292 g/mol. The highest BCUT2D eigenvalue weighted by atomic mass is 79.9. The molecule has 1 aromatic rings. The van der Waals surface area contributed by atoms with Gasteiger partial charge in [0.15, 0.2) is 0 Å². The molecule has 0 aliphatic heterocycles. The first kappa shape index (κ1) is 11.8. The summed E-state index contributed by atoms with van der Waals surface area (Å²) in [6.45, 7) is 2.36. The summed E-state index contributed by atoms with van der Waals surface area (Å²) >= 11 is 3.60. The summed E-state index contributed by atoms with van der Waals surface area (Å²) in [5.74, 6) is 0.988. The van der Waals surface area contributed by atoms with E-state index in [9.17, 15) is 0 Å².